The summed E-state index contributed by atoms with van der Waals surface area (Å²) in [5.41, 5.74) is 9.06. The van der Waals surface area contributed by atoms with Gasteiger partial charge in [0.15, 0.2) is 0 Å². The molecule has 0 radical (unpaired) electrons. The summed E-state index contributed by atoms with van der Waals surface area (Å²) in [6, 6.07) is 5.74. The van der Waals surface area contributed by atoms with Crippen LogP contribution in [0.3, 0.4) is 0 Å². The number of methoxy groups -OCH3 is 1. The summed E-state index contributed by atoms with van der Waals surface area (Å²) in [7, 11) is 1.65. The zero-order valence-corrected chi connectivity index (χ0v) is 10.3. The standard InChI is InChI=1S/C13H17N3O/c1-9-7-15-16(8-9)11-5-4-6-12(17-3)13(11)10(2)14/h4-8,10H,14H2,1-3H3. The van der Waals surface area contributed by atoms with Gasteiger partial charge in [0.25, 0.3) is 0 Å². The number of benzene rings is 1. The van der Waals surface area contributed by atoms with Crippen molar-refractivity contribution >= 4 is 0 Å². The zero-order chi connectivity index (χ0) is 12.4. The summed E-state index contributed by atoms with van der Waals surface area (Å²) in [5.74, 6) is 0.797. The van der Waals surface area contributed by atoms with Gasteiger partial charge in [-0.3, -0.25) is 0 Å². The highest BCUT2D eigenvalue weighted by atomic mass is 16.5. The first-order valence-corrected chi connectivity index (χ1v) is 5.57. The summed E-state index contributed by atoms with van der Waals surface area (Å²) < 4.78 is 7.18. The number of ether oxygens (including phenoxy) is 1. The second-order valence-corrected chi connectivity index (χ2v) is 4.14. The average molecular weight is 231 g/mol. The Labute approximate surface area is 101 Å². The second kappa shape index (κ2) is 4.59. The Balaban J connectivity index is 2.60. The number of rotatable bonds is 3. The van der Waals surface area contributed by atoms with E-state index in [4.69, 9.17) is 10.5 Å². The maximum atomic E-state index is 6.01. The molecule has 1 heterocycles. The number of nitrogens with zero attached hydrogens (tertiary/aromatic N) is 2. The van der Waals surface area contributed by atoms with Gasteiger partial charge in [-0.25, -0.2) is 4.68 Å². The monoisotopic (exact) mass is 231 g/mol. The highest BCUT2D eigenvalue weighted by Gasteiger charge is 2.14. The van der Waals surface area contributed by atoms with E-state index in [1.165, 1.54) is 0 Å². The minimum atomic E-state index is -0.106. The molecule has 0 aliphatic heterocycles. The van der Waals surface area contributed by atoms with Crippen LogP contribution in [0.25, 0.3) is 5.69 Å². The average Bonchev–Trinajstić information content (AvgIpc) is 2.74. The van der Waals surface area contributed by atoms with Gasteiger partial charge in [0, 0.05) is 17.8 Å². The zero-order valence-electron chi connectivity index (χ0n) is 10.3. The summed E-state index contributed by atoms with van der Waals surface area (Å²) in [6.07, 6.45) is 3.80. The first-order chi connectivity index (χ1) is 8.13. The Bertz CT molecular complexity index is 517. The van der Waals surface area contributed by atoms with E-state index in [0.717, 1.165) is 22.6 Å². The Morgan fingerprint density at radius 2 is 2.18 bits per heavy atom. The molecule has 0 fully saturated rings. The van der Waals surface area contributed by atoms with Gasteiger partial charge in [-0.15, -0.1) is 0 Å². The molecule has 1 unspecified atom stereocenters. The molecule has 0 saturated carbocycles. The van der Waals surface area contributed by atoms with E-state index >= 15 is 0 Å². The lowest BCUT2D eigenvalue weighted by atomic mass is 10.1. The summed E-state index contributed by atoms with van der Waals surface area (Å²) in [5, 5.41) is 4.31. The van der Waals surface area contributed by atoms with Crippen molar-refractivity contribution in [2.75, 3.05) is 7.11 Å². The van der Waals surface area contributed by atoms with Gasteiger partial charge < -0.3 is 10.5 Å². The minimum Gasteiger partial charge on any atom is -0.496 e. The third kappa shape index (κ3) is 2.17. The maximum Gasteiger partial charge on any atom is 0.125 e. The molecule has 0 saturated heterocycles. The van der Waals surface area contributed by atoms with E-state index in [0.29, 0.717) is 0 Å². The van der Waals surface area contributed by atoms with Crippen LogP contribution < -0.4 is 10.5 Å². The lowest BCUT2D eigenvalue weighted by molar-refractivity contribution is 0.406. The van der Waals surface area contributed by atoms with Gasteiger partial charge in [0.2, 0.25) is 0 Å². The van der Waals surface area contributed by atoms with Crippen molar-refractivity contribution in [1.29, 1.82) is 0 Å². The number of aromatic nitrogens is 2. The van der Waals surface area contributed by atoms with Crippen LogP contribution in [0.1, 0.15) is 24.1 Å². The highest BCUT2D eigenvalue weighted by Crippen LogP contribution is 2.29. The molecule has 2 rings (SSSR count). The number of hydrogen-bond donors (Lipinski definition) is 1. The number of hydrogen-bond acceptors (Lipinski definition) is 3. The molecular weight excluding hydrogens is 214 g/mol. The predicted molar refractivity (Wildman–Crippen MR) is 67.5 cm³/mol. The molecule has 0 amide bonds. The van der Waals surface area contributed by atoms with Crippen LogP contribution in [-0.4, -0.2) is 16.9 Å². The van der Waals surface area contributed by atoms with Crippen molar-refractivity contribution in [2.24, 2.45) is 5.73 Å². The highest BCUT2D eigenvalue weighted by molar-refractivity contribution is 5.51. The van der Waals surface area contributed by atoms with Crippen molar-refractivity contribution in [3.05, 3.63) is 41.7 Å². The van der Waals surface area contributed by atoms with E-state index < -0.39 is 0 Å². The van der Waals surface area contributed by atoms with Gasteiger partial charge in [-0.1, -0.05) is 6.07 Å². The molecule has 4 heteroatoms. The van der Waals surface area contributed by atoms with E-state index in [1.807, 2.05) is 49.1 Å². The fourth-order valence-electron chi connectivity index (χ4n) is 1.91. The number of nitrogens with two attached hydrogens (primary N) is 1. The molecule has 1 aromatic heterocycles. The topological polar surface area (TPSA) is 53.1 Å². The largest absolute Gasteiger partial charge is 0.496 e. The molecule has 1 atom stereocenters. The predicted octanol–water partition coefficient (Wildman–Crippen LogP) is 2.21. The molecule has 0 bridgehead atoms. The van der Waals surface area contributed by atoms with Crippen molar-refractivity contribution in [3.63, 3.8) is 0 Å². The third-order valence-electron chi connectivity index (χ3n) is 2.68. The van der Waals surface area contributed by atoms with Crippen molar-refractivity contribution in [3.8, 4) is 11.4 Å². The molecule has 1 aromatic carbocycles. The number of aryl methyl sites for hydroxylation is 1. The minimum absolute atomic E-state index is 0.106. The molecule has 17 heavy (non-hydrogen) atoms. The van der Waals surface area contributed by atoms with Gasteiger partial charge in [0.1, 0.15) is 5.75 Å². The maximum absolute atomic E-state index is 6.01. The van der Waals surface area contributed by atoms with E-state index in [-0.39, 0.29) is 6.04 Å². The fourth-order valence-corrected chi connectivity index (χ4v) is 1.91. The molecule has 0 aliphatic rings. The van der Waals surface area contributed by atoms with Gasteiger partial charge in [-0.05, 0) is 31.5 Å². The fraction of sp³-hybridized carbons (Fsp3) is 0.308. The summed E-state index contributed by atoms with van der Waals surface area (Å²) in [4.78, 5) is 0. The summed E-state index contributed by atoms with van der Waals surface area (Å²) >= 11 is 0. The van der Waals surface area contributed by atoms with E-state index in [1.54, 1.807) is 7.11 Å². The Kier molecular flexibility index (Phi) is 3.15. The quantitative estimate of drug-likeness (QED) is 0.881. The molecule has 0 spiro atoms. The van der Waals surface area contributed by atoms with Gasteiger partial charge in [0.05, 0.1) is 19.0 Å². The lowest BCUT2D eigenvalue weighted by Crippen LogP contribution is -2.11. The Morgan fingerprint density at radius 3 is 2.71 bits per heavy atom. The van der Waals surface area contributed by atoms with Crippen LogP contribution in [0, 0.1) is 6.92 Å². The molecule has 0 aliphatic carbocycles. The van der Waals surface area contributed by atoms with Crippen LogP contribution >= 0.6 is 0 Å². The van der Waals surface area contributed by atoms with Crippen LogP contribution in [0.4, 0.5) is 0 Å². The van der Waals surface area contributed by atoms with Crippen LogP contribution in [0.2, 0.25) is 0 Å². The molecule has 2 N–H and O–H groups in total. The Hall–Kier alpha value is -1.81. The smallest absolute Gasteiger partial charge is 0.125 e. The Morgan fingerprint density at radius 1 is 1.41 bits per heavy atom. The molecular formula is C13H17N3O. The van der Waals surface area contributed by atoms with Crippen molar-refractivity contribution in [1.82, 2.24) is 9.78 Å². The third-order valence-corrected chi connectivity index (χ3v) is 2.68. The van der Waals surface area contributed by atoms with Crippen molar-refractivity contribution < 1.29 is 4.74 Å². The van der Waals surface area contributed by atoms with E-state index in [2.05, 4.69) is 5.10 Å². The van der Waals surface area contributed by atoms with Crippen molar-refractivity contribution in [2.45, 2.75) is 19.9 Å². The van der Waals surface area contributed by atoms with Gasteiger partial charge in [-0.2, -0.15) is 5.10 Å². The SMILES string of the molecule is COc1cccc(-n2cc(C)cn2)c1C(C)N. The lowest BCUT2D eigenvalue weighted by Gasteiger charge is -2.16. The molecule has 90 valence electrons. The van der Waals surface area contributed by atoms with E-state index in [9.17, 15) is 0 Å². The normalized spacial score (nSPS) is 12.5. The first-order valence-electron chi connectivity index (χ1n) is 5.57. The van der Waals surface area contributed by atoms with Crippen LogP contribution in [0.5, 0.6) is 5.75 Å². The first kappa shape index (κ1) is 11.7. The second-order valence-electron chi connectivity index (χ2n) is 4.14. The molecule has 4 nitrogen and oxygen atoms in total. The molecule has 2 aromatic rings. The van der Waals surface area contributed by atoms with Crippen LogP contribution in [0.15, 0.2) is 30.6 Å². The van der Waals surface area contributed by atoms with Crippen LogP contribution in [-0.2, 0) is 0 Å². The summed E-state index contributed by atoms with van der Waals surface area (Å²) in [6.45, 7) is 3.95. The van der Waals surface area contributed by atoms with Gasteiger partial charge >= 0.3 is 0 Å².